The Morgan fingerprint density at radius 3 is 2.75 bits per heavy atom. The summed E-state index contributed by atoms with van der Waals surface area (Å²) in [7, 11) is 0. The van der Waals surface area contributed by atoms with Crippen molar-refractivity contribution in [2.75, 3.05) is 16.8 Å². The van der Waals surface area contributed by atoms with Crippen LogP contribution in [0.15, 0.2) is 46.9 Å². The molecular weight excluding hydrogens is 375 g/mol. The number of nitrogens with zero attached hydrogens (tertiary/aromatic N) is 1. The lowest BCUT2D eigenvalue weighted by Gasteiger charge is -2.17. The van der Waals surface area contributed by atoms with Crippen molar-refractivity contribution in [2.45, 2.75) is 13.3 Å². The Bertz CT molecular complexity index is 809. The molecule has 1 saturated heterocycles. The minimum absolute atomic E-state index is 0.0766. The summed E-state index contributed by atoms with van der Waals surface area (Å²) in [5, 5.41) is 2.82. The van der Waals surface area contributed by atoms with E-state index < -0.39 is 11.7 Å². The van der Waals surface area contributed by atoms with Gasteiger partial charge in [0.15, 0.2) is 0 Å². The van der Waals surface area contributed by atoms with Crippen LogP contribution in [0, 0.1) is 18.7 Å². The molecule has 24 heavy (non-hydrogen) atoms. The van der Waals surface area contributed by atoms with Crippen molar-refractivity contribution in [3.05, 3.63) is 58.3 Å². The van der Waals surface area contributed by atoms with Gasteiger partial charge in [0.1, 0.15) is 5.82 Å². The van der Waals surface area contributed by atoms with E-state index in [1.54, 1.807) is 18.2 Å². The zero-order chi connectivity index (χ0) is 17.3. The van der Waals surface area contributed by atoms with Crippen LogP contribution in [0.5, 0.6) is 0 Å². The van der Waals surface area contributed by atoms with Crippen LogP contribution in [0.4, 0.5) is 15.8 Å². The first-order valence-corrected chi connectivity index (χ1v) is 8.37. The van der Waals surface area contributed by atoms with Crippen molar-refractivity contribution >= 4 is 39.1 Å². The van der Waals surface area contributed by atoms with Gasteiger partial charge in [0.2, 0.25) is 11.8 Å². The van der Waals surface area contributed by atoms with E-state index in [-0.39, 0.29) is 30.5 Å². The first kappa shape index (κ1) is 16.6. The Morgan fingerprint density at radius 1 is 1.29 bits per heavy atom. The predicted octanol–water partition coefficient (Wildman–Crippen LogP) is 3.89. The van der Waals surface area contributed by atoms with Crippen LogP contribution >= 0.6 is 15.9 Å². The molecule has 1 N–H and O–H groups in total. The molecule has 3 rings (SSSR count). The standard InChI is InChI=1S/C18H16BrFN2O2/c1-11-6-7-13(9-14(11)19)21-18(24)12-8-17(23)22(10-12)16-5-3-2-4-15(16)20/h2-7,9,12H,8,10H2,1H3,(H,21,24). The Morgan fingerprint density at radius 2 is 2.04 bits per heavy atom. The molecule has 1 heterocycles. The van der Waals surface area contributed by atoms with Crippen LogP contribution in [-0.4, -0.2) is 18.4 Å². The van der Waals surface area contributed by atoms with Crippen LogP contribution in [0.3, 0.4) is 0 Å². The topological polar surface area (TPSA) is 49.4 Å². The van der Waals surface area contributed by atoms with Crippen molar-refractivity contribution < 1.29 is 14.0 Å². The molecule has 2 aromatic carbocycles. The van der Waals surface area contributed by atoms with Crippen LogP contribution < -0.4 is 10.2 Å². The van der Waals surface area contributed by atoms with Gasteiger partial charge >= 0.3 is 0 Å². The molecule has 1 atom stereocenters. The Balaban J connectivity index is 1.72. The molecule has 1 fully saturated rings. The lowest BCUT2D eigenvalue weighted by molar-refractivity contribution is -0.122. The van der Waals surface area contributed by atoms with Crippen molar-refractivity contribution in [3.63, 3.8) is 0 Å². The first-order chi connectivity index (χ1) is 11.5. The summed E-state index contributed by atoms with van der Waals surface area (Å²) in [6.45, 7) is 2.14. The van der Waals surface area contributed by atoms with Gasteiger partial charge in [-0.3, -0.25) is 9.59 Å². The molecule has 2 amide bonds. The molecule has 6 heteroatoms. The number of halogens is 2. The number of carbonyl (C=O) groups is 2. The molecule has 1 aliphatic rings. The Kier molecular flexibility index (Phi) is 4.66. The highest BCUT2D eigenvalue weighted by molar-refractivity contribution is 9.10. The average Bonchev–Trinajstić information content (AvgIpc) is 2.93. The molecule has 0 saturated carbocycles. The van der Waals surface area contributed by atoms with Crippen LogP contribution in [0.25, 0.3) is 0 Å². The minimum atomic E-state index is -0.503. The second-order valence-corrected chi connectivity index (χ2v) is 6.66. The van der Waals surface area contributed by atoms with E-state index in [0.717, 1.165) is 10.0 Å². The number of amides is 2. The third-order valence-electron chi connectivity index (χ3n) is 4.08. The first-order valence-electron chi connectivity index (χ1n) is 7.57. The molecule has 4 nitrogen and oxygen atoms in total. The van der Waals surface area contributed by atoms with Crippen LogP contribution in [0.2, 0.25) is 0 Å². The number of benzene rings is 2. The lowest BCUT2D eigenvalue weighted by Crippen LogP contribution is -2.28. The van der Waals surface area contributed by atoms with Crippen molar-refractivity contribution in [1.29, 1.82) is 0 Å². The highest BCUT2D eigenvalue weighted by atomic mass is 79.9. The third-order valence-corrected chi connectivity index (χ3v) is 4.93. The summed E-state index contributed by atoms with van der Waals surface area (Å²) in [5.41, 5.74) is 1.94. The van der Waals surface area contributed by atoms with Gasteiger partial charge in [-0.15, -0.1) is 0 Å². The fourth-order valence-corrected chi connectivity index (χ4v) is 3.08. The number of anilines is 2. The van der Waals surface area contributed by atoms with Gasteiger partial charge in [0.05, 0.1) is 11.6 Å². The molecule has 0 aromatic heterocycles. The minimum Gasteiger partial charge on any atom is -0.326 e. The normalized spacial score (nSPS) is 17.2. The largest absolute Gasteiger partial charge is 0.326 e. The molecular formula is C18H16BrFN2O2. The van der Waals surface area contributed by atoms with Crippen molar-refractivity contribution in [3.8, 4) is 0 Å². The molecule has 0 spiro atoms. The zero-order valence-corrected chi connectivity index (χ0v) is 14.6. The van der Waals surface area contributed by atoms with Crippen LogP contribution in [-0.2, 0) is 9.59 Å². The number of aryl methyl sites for hydroxylation is 1. The molecule has 0 radical (unpaired) electrons. The second kappa shape index (κ2) is 6.73. The van der Waals surface area contributed by atoms with E-state index in [2.05, 4.69) is 21.2 Å². The summed E-state index contributed by atoms with van der Waals surface area (Å²) >= 11 is 3.42. The van der Waals surface area contributed by atoms with Gasteiger partial charge in [-0.1, -0.05) is 34.1 Å². The quantitative estimate of drug-likeness (QED) is 0.863. The number of carbonyl (C=O) groups excluding carboxylic acids is 2. The fraction of sp³-hybridized carbons (Fsp3) is 0.222. The molecule has 124 valence electrons. The molecule has 0 bridgehead atoms. The number of hydrogen-bond donors (Lipinski definition) is 1. The van der Waals surface area contributed by atoms with Gasteiger partial charge in [-0.05, 0) is 36.8 Å². The average molecular weight is 391 g/mol. The maximum absolute atomic E-state index is 13.9. The maximum Gasteiger partial charge on any atom is 0.229 e. The fourth-order valence-electron chi connectivity index (χ4n) is 2.70. The summed E-state index contributed by atoms with van der Waals surface area (Å²) in [5.74, 6) is -1.45. The monoisotopic (exact) mass is 390 g/mol. The van der Waals surface area contributed by atoms with E-state index >= 15 is 0 Å². The summed E-state index contributed by atoms with van der Waals surface area (Å²) in [4.78, 5) is 25.9. The van der Waals surface area contributed by atoms with E-state index in [1.165, 1.54) is 11.0 Å². The SMILES string of the molecule is Cc1ccc(NC(=O)C2CC(=O)N(c3ccccc3F)C2)cc1Br. The molecule has 1 unspecified atom stereocenters. The molecule has 0 aliphatic carbocycles. The second-order valence-electron chi connectivity index (χ2n) is 5.81. The highest BCUT2D eigenvalue weighted by Crippen LogP contribution is 2.28. The predicted molar refractivity (Wildman–Crippen MR) is 94.4 cm³/mol. The van der Waals surface area contributed by atoms with Crippen molar-refractivity contribution in [1.82, 2.24) is 0 Å². The van der Waals surface area contributed by atoms with E-state index in [1.807, 2.05) is 25.1 Å². The van der Waals surface area contributed by atoms with Gasteiger partial charge in [0.25, 0.3) is 0 Å². The van der Waals surface area contributed by atoms with Gasteiger partial charge < -0.3 is 10.2 Å². The number of hydrogen-bond acceptors (Lipinski definition) is 2. The van der Waals surface area contributed by atoms with Crippen molar-refractivity contribution in [2.24, 2.45) is 5.92 Å². The van der Waals surface area contributed by atoms with Gasteiger partial charge in [-0.25, -0.2) is 4.39 Å². The maximum atomic E-state index is 13.9. The zero-order valence-electron chi connectivity index (χ0n) is 13.1. The third kappa shape index (κ3) is 3.33. The van der Waals surface area contributed by atoms with Crippen LogP contribution in [0.1, 0.15) is 12.0 Å². The molecule has 1 aliphatic heterocycles. The Hall–Kier alpha value is -2.21. The molecule has 2 aromatic rings. The number of para-hydroxylation sites is 1. The van der Waals surface area contributed by atoms with E-state index in [4.69, 9.17) is 0 Å². The van der Waals surface area contributed by atoms with E-state index in [9.17, 15) is 14.0 Å². The summed E-state index contributed by atoms with van der Waals surface area (Å²) < 4.78 is 14.8. The van der Waals surface area contributed by atoms with E-state index in [0.29, 0.717) is 5.69 Å². The summed E-state index contributed by atoms with van der Waals surface area (Å²) in [6, 6.07) is 11.6. The smallest absolute Gasteiger partial charge is 0.229 e. The lowest BCUT2D eigenvalue weighted by atomic mass is 10.1. The van der Waals surface area contributed by atoms with Gasteiger partial charge in [-0.2, -0.15) is 0 Å². The summed E-state index contributed by atoms with van der Waals surface area (Å²) in [6.07, 6.45) is 0.0766. The van der Waals surface area contributed by atoms with Gasteiger partial charge in [0, 0.05) is 23.1 Å². The number of rotatable bonds is 3. The highest BCUT2D eigenvalue weighted by Gasteiger charge is 2.36. The number of nitrogens with one attached hydrogen (secondary N) is 1. The Labute approximate surface area is 147 Å².